The number of benzene rings is 1. The summed E-state index contributed by atoms with van der Waals surface area (Å²) in [6, 6.07) is 5.50. The van der Waals surface area contributed by atoms with Crippen LogP contribution in [0.2, 0.25) is 0 Å². The van der Waals surface area contributed by atoms with Crippen molar-refractivity contribution >= 4 is 5.91 Å². The third-order valence-electron chi connectivity index (χ3n) is 4.08. The van der Waals surface area contributed by atoms with E-state index in [-0.39, 0.29) is 18.7 Å². The van der Waals surface area contributed by atoms with Crippen molar-refractivity contribution in [3.8, 4) is 6.01 Å². The molecular weight excluding hydrogens is 328 g/mol. The molecule has 1 aromatic heterocycles. The van der Waals surface area contributed by atoms with Crippen molar-refractivity contribution in [2.24, 2.45) is 0 Å². The first-order valence-electron chi connectivity index (χ1n) is 8.16. The largest absolute Gasteiger partial charge is 0.458 e. The summed E-state index contributed by atoms with van der Waals surface area (Å²) in [5.74, 6) is -2.37. The number of nitrogens with zero attached hydrogens (tertiary/aromatic N) is 3. The number of carbonyl (C=O) groups excluding carboxylic acids is 1. The van der Waals surface area contributed by atoms with E-state index in [2.05, 4.69) is 9.97 Å². The average molecular weight is 347 g/mol. The number of hydrogen-bond acceptors (Lipinski definition) is 4. The molecule has 1 aliphatic heterocycles. The Kier molecular flexibility index (Phi) is 4.92. The fourth-order valence-corrected chi connectivity index (χ4v) is 2.97. The molecule has 5 nitrogen and oxygen atoms in total. The van der Waals surface area contributed by atoms with Gasteiger partial charge >= 0.3 is 6.01 Å². The molecule has 2 heterocycles. The van der Waals surface area contributed by atoms with Gasteiger partial charge in [-0.25, -0.2) is 18.7 Å². The van der Waals surface area contributed by atoms with Crippen LogP contribution in [0.5, 0.6) is 6.01 Å². The summed E-state index contributed by atoms with van der Waals surface area (Å²) < 4.78 is 33.5. The highest BCUT2D eigenvalue weighted by molar-refractivity contribution is 5.94. The Morgan fingerprint density at radius 1 is 1.20 bits per heavy atom. The van der Waals surface area contributed by atoms with Gasteiger partial charge in [0.05, 0.1) is 6.54 Å². The van der Waals surface area contributed by atoms with Gasteiger partial charge < -0.3 is 9.64 Å². The zero-order chi connectivity index (χ0) is 18.0. The zero-order valence-electron chi connectivity index (χ0n) is 14.1. The number of likely N-dealkylation sites (tertiary alicyclic amines) is 1. The molecule has 0 spiro atoms. The van der Waals surface area contributed by atoms with Crippen LogP contribution in [0.1, 0.15) is 34.6 Å². The molecule has 1 aromatic carbocycles. The topological polar surface area (TPSA) is 55.3 Å². The first-order chi connectivity index (χ1) is 11.9. The Bertz CT molecular complexity index is 757. The fraction of sp³-hybridized carbons (Fsp3) is 0.389. The van der Waals surface area contributed by atoms with Gasteiger partial charge in [-0.2, -0.15) is 0 Å². The maximum Gasteiger partial charge on any atom is 0.317 e. The number of halogens is 2. The second-order valence-electron chi connectivity index (χ2n) is 6.16. The SMILES string of the molecule is Cc1cc(C)nc(OC2CCCN(C(=O)c3c(F)cccc3F)C2)n1. The standard InChI is InChI=1S/C18H19F2N3O2/c1-11-9-12(2)22-18(21-11)25-13-5-4-8-23(10-13)17(24)16-14(19)6-3-7-15(16)20/h3,6-7,9,13H,4-5,8,10H2,1-2H3. The number of hydrogen-bond donors (Lipinski definition) is 0. The fourth-order valence-electron chi connectivity index (χ4n) is 2.97. The molecule has 2 aromatic rings. The Morgan fingerprint density at radius 3 is 2.48 bits per heavy atom. The number of aromatic nitrogens is 2. The quantitative estimate of drug-likeness (QED) is 0.856. The lowest BCUT2D eigenvalue weighted by molar-refractivity contribution is 0.0506. The number of rotatable bonds is 3. The van der Waals surface area contributed by atoms with Gasteiger partial charge in [-0.1, -0.05) is 6.07 Å². The summed E-state index contributed by atoms with van der Waals surface area (Å²) in [5, 5.41) is 0. The number of ether oxygens (including phenoxy) is 1. The van der Waals surface area contributed by atoms with Crippen LogP contribution >= 0.6 is 0 Å². The van der Waals surface area contributed by atoms with Crippen LogP contribution in [0, 0.1) is 25.5 Å². The monoisotopic (exact) mass is 347 g/mol. The minimum atomic E-state index is -0.856. The van der Waals surface area contributed by atoms with Gasteiger partial charge in [0, 0.05) is 17.9 Å². The molecule has 1 unspecified atom stereocenters. The molecular formula is C18H19F2N3O2. The molecule has 132 valence electrons. The summed E-state index contributed by atoms with van der Waals surface area (Å²) in [6.45, 7) is 4.36. The Balaban J connectivity index is 1.73. The Hall–Kier alpha value is -2.57. The molecule has 0 N–H and O–H groups in total. The van der Waals surface area contributed by atoms with Gasteiger partial charge in [-0.05, 0) is 44.9 Å². The van der Waals surface area contributed by atoms with Crippen LogP contribution < -0.4 is 4.74 Å². The normalized spacial score (nSPS) is 17.4. The Labute approximate surface area is 144 Å². The number of piperidine rings is 1. The molecule has 1 aliphatic rings. The van der Waals surface area contributed by atoms with Gasteiger partial charge in [0.1, 0.15) is 23.3 Å². The molecule has 0 bridgehead atoms. The van der Waals surface area contributed by atoms with Gasteiger partial charge in [-0.3, -0.25) is 4.79 Å². The lowest BCUT2D eigenvalue weighted by atomic mass is 10.1. The molecule has 1 atom stereocenters. The van der Waals surface area contributed by atoms with E-state index in [0.29, 0.717) is 13.0 Å². The van der Waals surface area contributed by atoms with E-state index in [1.165, 1.54) is 11.0 Å². The molecule has 0 saturated carbocycles. The molecule has 0 radical (unpaired) electrons. The summed E-state index contributed by atoms with van der Waals surface area (Å²) in [5.41, 5.74) is 1.06. The van der Waals surface area contributed by atoms with Crippen molar-refractivity contribution in [1.82, 2.24) is 14.9 Å². The summed E-state index contributed by atoms with van der Waals surface area (Å²) >= 11 is 0. The van der Waals surface area contributed by atoms with Crippen LogP contribution in [0.4, 0.5) is 8.78 Å². The van der Waals surface area contributed by atoms with E-state index >= 15 is 0 Å². The van der Waals surface area contributed by atoms with E-state index in [0.717, 1.165) is 29.9 Å². The number of aryl methyl sites for hydroxylation is 2. The number of amides is 1. The highest BCUT2D eigenvalue weighted by Crippen LogP contribution is 2.20. The minimum Gasteiger partial charge on any atom is -0.458 e. The average Bonchev–Trinajstić information content (AvgIpc) is 2.54. The summed E-state index contributed by atoms with van der Waals surface area (Å²) in [6.07, 6.45) is 1.09. The van der Waals surface area contributed by atoms with Gasteiger partial charge in [0.2, 0.25) is 0 Å². The molecule has 3 rings (SSSR count). The molecule has 7 heteroatoms. The molecule has 1 fully saturated rings. The minimum absolute atomic E-state index is 0.239. The zero-order valence-corrected chi connectivity index (χ0v) is 14.1. The van der Waals surface area contributed by atoms with Gasteiger partial charge in [0.15, 0.2) is 0 Å². The summed E-state index contributed by atoms with van der Waals surface area (Å²) in [4.78, 5) is 22.4. The van der Waals surface area contributed by atoms with Crippen molar-refractivity contribution in [3.05, 3.63) is 52.9 Å². The van der Waals surface area contributed by atoms with Crippen LogP contribution in [-0.2, 0) is 0 Å². The number of carbonyl (C=O) groups is 1. The lowest BCUT2D eigenvalue weighted by Gasteiger charge is -2.32. The van der Waals surface area contributed by atoms with Crippen LogP contribution in [0.15, 0.2) is 24.3 Å². The van der Waals surface area contributed by atoms with Crippen molar-refractivity contribution in [3.63, 3.8) is 0 Å². The van der Waals surface area contributed by atoms with Crippen molar-refractivity contribution < 1.29 is 18.3 Å². The first-order valence-corrected chi connectivity index (χ1v) is 8.16. The third-order valence-corrected chi connectivity index (χ3v) is 4.08. The maximum absolute atomic E-state index is 13.8. The summed E-state index contributed by atoms with van der Waals surface area (Å²) in [7, 11) is 0. The van der Waals surface area contributed by atoms with E-state index in [1.54, 1.807) is 0 Å². The lowest BCUT2D eigenvalue weighted by Crippen LogP contribution is -2.45. The smallest absolute Gasteiger partial charge is 0.317 e. The van der Waals surface area contributed by atoms with E-state index < -0.39 is 23.1 Å². The predicted octanol–water partition coefficient (Wildman–Crippen LogP) is 3.06. The van der Waals surface area contributed by atoms with Crippen LogP contribution in [-0.4, -0.2) is 40.0 Å². The molecule has 1 saturated heterocycles. The van der Waals surface area contributed by atoms with Gasteiger partial charge in [0.25, 0.3) is 5.91 Å². The second-order valence-corrected chi connectivity index (χ2v) is 6.16. The van der Waals surface area contributed by atoms with Gasteiger partial charge in [-0.15, -0.1) is 0 Å². The highest BCUT2D eigenvalue weighted by atomic mass is 19.1. The van der Waals surface area contributed by atoms with E-state index in [9.17, 15) is 13.6 Å². The van der Waals surface area contributed by atoms with Crippen LogP contribution in [0.3, 0.4) is 0 Å². The molecule has 0 aliphatic carbocycles. The van der Waals surface area contributed by atoms with Crippen molar-refractivity contribution in [2.45, 2.75) is 32.8 Å². The first kappa shape index (κ1) is 17.3. The van der Waals surface area contributed by atoms with Crippen LogP contribution in [0.25, 0.3) is 0 Å². The highest BCUT2D eigenvalue weighted by Gasteiger charge is 2.29. The van der Waals surface area contributed by atoms with E-state index in [4.69, 9.17) is 4.74 Å². The van der Waals surface area contributed by atoms with Crippen molar-refractivity contribution in [1.29, 1.82) is 0 Å². The molecule has 1 amide bonds. The Morgan fingerprint density at radius 2 is 1.84 bits per heavy atom. The van der Waals surface area contributed by atoms with E-state index in [1.807, 2.05) is 19.9 Å². The third kappa shape index (κ3) is 3.92. The predicted molar refractivity (Wildman–Crippen MR) is 87.4 cm³/mol. The molecule has 25 heavy (non-hydrogen) atoms. The van der Waals surface area contributed by atoms with Crippen molar-refractivity contribution in [2.75, 3.05) is 13.1 Å². The maximum atomic E-state index is 13.8. The second kappa shape index (κ2) is 7.13.